The Bertz CT molecular complexity index is 12.0. The molecule has 4 heavy (non-hydrogen) atoms. The Morgan fingerprint density at radius 2 is 1.25 bits per heavy atom. The van der Waals surface area contributed by atoms with Crippen molar-refractivity contribution in [3.8, 4) is 0 Å². The van der Waals surface area contributed by atoms with Crippen molar-refractivity contribution in [1.29, 1.82) is 0 Å². The number of rotatable bonds is 0. The summed E-state index contributed by atoms with van der Waals surface area (Å²) in [7, 11) is 0. The van der Waals surface area contributed by atoms with Crippen molar-refractivity contribution >= 4 is 32.2 Å². The van der Waals surface area contributed by atoms with E-state index in [0.717, 1.165) is 0 Å². The van der Waals surface area contributed by atoms with Gasteiger partial charge in [0.05, 0.1) is 0 Å². The van der Waals surface area contributed by atoms with Crippen molar-refractivity contribution < 1.29 is 5.58 Å². The summed E-state index contributed by atoms with van der Waals surface area (Å²) in [6.07, 6.45) is 0. The Hall–Kier alpha value is 1.01. The van der Waals surface area contributed by atoms with E-state index in [-0.39, 0.29) is 32.2 Å². The summed E-state index contributed by atoms with van der Waals surface area (Å²) in [6, 6.07) is 0. The molecule has 1 aliphatic rings. The van der Waals surface area contributed by atoms with Crippen molar-refractivity contribution in [2.24, 2.45) is 0 Å². The molecule has 0 aromatic heterocycles. The fraction of sp³-hybridized carbons (Fsp3) is 0. The fourth-order valence-corrected chi connectivity index (χ4v) is 1.13. The molecule has 1 aliphatic heterocycles. The second-order valence-electron chi connectivity index (χ2n) is 0.371. The third-order valence-corrected chi connectivity index (χ3v) is 4.50. The van der Waals surface area contributed by atoms with Gasteiger partial charge in [-0.25, -0.2) is 0 Å². The van der Waals surface area contributed by atoms with E-state index < -0.39 is 0 Å². The SMILES string of the molecule is [O]1[Ge][O][Ge]1. The van der Waals surface area contributed by atoms with Crippen molar-refractivity contribution in [3.63, 3.8) is 0 Å². The summed E-state index contributed by atoms with van der Waals surface area (Å²) >= 11 is -0.500. The van der Waals surface area contributed by atoms with Gasteiger partial charge in [0.25, 0.3) is 0 Å². The Balaban J connectivity index is 2.00. The molecule has 0 saturated carbocycles. The van der Waals surface area contributed by atoms with Crippen LogP contribution in [0.15, 0.2) is 0 Å². The molecule has 1 saturated heterocycles. The Morgan fingerprint density at radius 3 is 1.25 bits per heavy atom. The number of hydrogen-bond donors (Lipinski definition) is 0. The Morgan fingerprint density at radius 1 is 1.00 bits per heavy atom. The van der Waals surface area contributed by atoms with Crippen LogP contribution in [-0.4, -0.2) is 32.2 Å². The molecule has 0 spiro atoms. The molecular weight excluding hydrogens is 177 g/mol. The van der Waals surface area contributed by atoms with Crippen molar-refractivity contribution in [3.05, 3.63) is 0 Å². The van der Waals surface area contributed by atoms with Gasteiger partial charge in [-0.3, -0.25) is 0 Å². The average Bonchev–Trinajstić information content (AvgIpc) is 0.722. The van der Waals surface area contributed by atoms with E-state index in [2.05, 4.69) is 0 Å². The topological polar surface area (TPSA) is 18.5 Å². The molecule has 1 heterocycles. The van der Waals surface area contributed by atoms with Crippen LogP contribution in [-0.2, 0) is 5.58 Å². The molecule has 0 aromatic carbocycles. The summed E-state index contributed by atoms with van der Waals surface area (Å²) < 4.78 is 9.50. The average molecular weight is 177 g/mol. The summed E-state index contributed by atoms with van der Waals surface area (Å²) in [5.74, 6) is 0. The van der Waals surface area contributed by atoms with Crippen molar-refractivity contribution in [2.45, 2.75) is 0 Å². The van der Waals surface area contributed by atoms with Gasteiger partial charge in [0.2, 0.25) is 0 Å². The first kappa shape index (κ1) is 3.21. The third kappa shape index (κ3) is 0.483. The third-order valence-electron chi connectivity index (χ3n) is 0.167. The Labute approximate surface area is 38.2 Å². The zero-order valence-corrected chi connectivity index (χ0v) is 6.01. The zero-order valence-electron chi connectivity index (χ0n) is 1.82. The molecule has 0 aliphatic carbocycles. The van der Waals surface area contributed by atoms with Crippen LogP contribution in [0.25, 0.3) is 0 Å². The molecule has 0 unspecified atom stereocenters. The summed E-state index contributed by atoms with van der Waals surface area (Å²) in [5.41, 5.74) is 0. The van der Waals surface area contributed by atoms with Gasteiger partial charge in [0.1, 0.15) is 0 Å². The van der Waals surface area contributed by atoms with E-state index in [0.29, 0.717) is 0 Å². The molecule has 2 nitrogen and oxygen atoms in total. The minimum absolute atomic E-state index is 0.250. The molecule has 1 fully saturated rings. The monoisotopic (exact) mass is 180 g/mol. The van der Waals surface area contributed by atoms with Crippen LogP contribution in [0.4, 0.5) is 0 Å². The van der Waals surface area contributed by atoms with Gasteiger partial charge in [-0.1, -0.05) is 0 Å². The molecule has 0 amide bonds. The van der Waals surface area contributed by atoms with Gasteiger partial charge < -0.3 is 0 Å². The van der Waals surface area contributed by atoms with E-state index in [1.54, 1.807) is 0 Å². The van der Waals surface area contributed by atoms with Crippen LogP contribution < -0.4 is 0 Å². The first-order chi connectivity index (χ1) is 2.00. The molecule has 1 rings (SSSR count). The van der Waals surface area contributed by atoms with E-state index >= 15 is 0 Å². The summed E-state index contributed by atoms with van der Waals surface area (Å²) in [4.78, 5) is 0. The molecule has 4 radical (unpaired) electrons. The van der Waals surface area contributed by atoms with Gasteiger partial charge >= 0.3 is 37.8 Å². The fourth-order valence-electron chi connectivity index (χ4n) is 0.0417. The predicted molar refractivity (Wildman–Crippen MR) is 13.7 cm³/mol. The van der Waals surface area contributed by atoms with E-state index in [1.807, 2.05) is 0 Å². The first-order valence-electron chi connectivity index (χ1n) is 0.816. The van der Waals surface area contributed by atoms with Crippen LogP contribution in [0.1, 0.15) is 0 Å². The maximum atomic E-state index is 4.75. The summed E-state index contributed by atoms with van der Waals surface area (Å²) in [6.45, 7) is 0. The van der Waals surface area contributed by atoms with Crippen LogP contribution >= 0.6 is 0 Å². The number of hydrogen-bond acceptors (Lipinski definition) is 2. The normalized spacial score (nSPS) is 24.0. The van der Waals surface area contributed by atoms with E-state index in [4.69, 9.17) is 5.58 Å². The van der Waals surface area contributed by atoms with Crippen molar-refractivity contribution in [1.82, 2.24) is 0 Å². The van der Waals surface area contributed by atoms with Gasteiger partial charge in [-0.2, -0.15) is 0 Å². The van der Waals surface area contributed by atoms with Crippen LogP contribution in [0.5, 0.6) is 0 Å². The molecule has 0 aromatic rings. The summed E-state index contributed by atoms with van der Waals surface area (Å²) in [5, 5.41) is 0. The molecule has 0 atom stereocenters. The second kappa shape index (κ2) is 1.44. The maximum absolute atomic E-state index is 4.75. The predicted octanol–water partition coefficient (Wildman–Crippen LogP) is -0.898. The molecule has 0 bridgehead atoms. The van der Waals surface area contributed by atoms with Gasteiger partial charge in [0, 0.05) is 0 Å². The first-order valence-corrected chi connectivity index (χ1v) is 4.24. The molecule has 20 valence electrons. The van der Waals surface area contributed by atoms with Gasteiger partial charge in [-0.05, 0) is 0 Å². The second-order valence-corrected chi connectivity index (χ2v) is 6.38. The van der Waals surface area contributed by atoms with Gasteiger partial charge in [0.15, 0.2) is 0 Å². The van der Waals surface area contributed by atoms with Crippen molar-refractivity contribution in [2.75, 3.05) is 0 Å². The van der Waals surface area contributed by atoms with Crippen LogP contribution in [0.3, 0.4) is 0 Å². The molecule has 4 heteroatoms. The zero-order chi connectivity index (χ0) is 2.83. The molecular formula is Ge2O2. The standard InChI is InChI=1S/Ge2O2/c1-3-2-4-1. The minimum atomic E-state index is -0.250. The van der Waals surface area contributed by atoms with E-state index in [1.165, 1.54) is 0 Å². The van der Waals surface area contributed by atoms with Crippen LogP contribution in [0, 0.1) is 0 Å². The van der Waals surface area contributed by atoms with E-state index in [9.17, 15) is 0 Å². The van der Waals surface area contributed by atoms with Crippen LogP contribution in [0.2, 0.25) is 0 Å². The van der Waals surface area contributed by atoms with Gasteiger partial charge in [-0.15, -0.1) is 0 Å². The Kier molecular flexibility index (Phi) is 1.16. The molecule has 0 N–H and O–H groups in total. The quantitative estimate of drug-likeness (QED) is 0.447.